The monoisotopic (exact) mass is 172 g/mol. The van der Waals surface area contributed by atoms with Crippen molar-refractivity contribution in [3.8, 4) is 0 Å². The Morgan fingerprint density at radius 3 is 1.88 bits per heavy atom. The first-order chi connectivity index (χ1) is 3.68. The second-order valence-electron chi connectivity index (χ2n) is 1.52. The van der Waals surface area contributed by atoms with Crippen molar-refractivity contribution in [2.45, 2.75) is 13.8 Å². The topological polar surface area (TPSA) is 17.1 Å². The van der Waals surface area contributed by atoms with Crippen LogP contribution in [0.1, 0.15) is 13.8 Å². The first-order valence-electron chi connectivity index (χ1n) is 2.57. The zero-order valence-electron chi connectivity index (χ0n) is 5.06. The van der Waals surface area contributed by atoms with E-state index in [9.17, 15) is 4.57 Å². The van der Waals surface area contributed by atoms with E-state index >= 15 is 0 Å². The van der Waals surface area contributed by atoms with Crippen LogP contribution in [-0.2, 0) is 4.57 Å². The normalized spacial score (nSPS) is 11.9. The summed E-state index contributed by atoms with van der Waals surface area (Å²) in [4.78, 5) is 0. The van der Waals surface area contributed by atoms with Crippen molar-refractivity contribution in [1.29, 1.82) is 0 Å². The van der Waals surface area contributed by atoms with Crippen LogP contribution < -0.4 is 0 Å². The first-order valence-corrected chi connectivity index (χ1v) is 6.89. The lowest BCUT2D eigenvalue weighted by molar-refractivity contribution is 0.586. The molecule has 0 amide bonds. The summed E-state index contributed by atoms with van der Waals surface area (Å²) in [7, 11) is 6.36. The Kier molecular flexibility index (Phi) is 4.23. The van der Waals surface area contributed by atoms with Gasteiger partial charge in [0.25, 0.3) is 0 Å². The number of hydrogen-bond acceptors (Lipinski definition) is 2. The Labute approximate surface area is 58.8 Å². The van der Waals surface area contributed by atoms with Gasteiger partial charge in [-0.25, -0.2) is 0 Å². The van der Waals surface area contributed by atoms with Crippen molar-refractivity contribution < 1.29 is 4.57 Å². The van der Waals surface area contributed by atoms with Crippen molar-refractivity contribution in [2.24, 2.45) is 0 Å². The molecule has 0 aliphatic heterocycles. The largest absolute Gasteiger partial charge is 0.311 e. The van der Waals surface area contributed by atoms with E-state index in [2.05, 4.69) is 0 Å². The molecule has 0 aromatic rings. The van der Waals surface area contributed by atoms with E-state index in [0.717, 1.165) is 10.6 Å². The second-order valence-corrected chi connectivity index (χ2v) is 8.20. The summed E-state index contributed by atoms with van der Waals surface area (Å²) in [5.41, 5.74) is 0. The van der Waals surface area contributed by atoms with E-state index in [-0.39, 0.29) is 0 Å². The summed E-state index contributed by atoms with van der Waals surface area (Å²) in [5, 5.41) is 0. The second kappa shape index (κ2) is 3.81. The predicted molar refractivity (Wildman–Crippen MR) is 42.1 cm³/mol. The third-order valence-corrected chi connectivity index (χ3v) is 7.84. The SMILES string of the molecule is CCP(=O)(CC)SCl. The summed E-state index contributed by atoms with van der Waals surface area (Å²) in [5.74, 6) is 0. The number of hydrogen-bond donors (Lipinski definition) is 0. The van der Waals surface area contributed by atoms with Crippen LogP contribution in [-0.4, -0.2) is 12.3 Å². The van der Waals surface area contributed by atoms with Gasteiger partial charge in [0.15, 0.2) is 6.34 Å². The van der Waals surface area contributed by atoms with E-state index in [4.69, 9.17) is 10.7 Å². The van der Waals surface area contributed by atoms with Crippen LogP contribution >= 0.6 is 27.6 Å². The summed E-state index contributed by atoms with van der Waals surface area (Å²) in [6, 6.07) is 0. The smallest absolute Gasteiger partial charge is 0.153 e. The Morgan fingerprint density at radius 1 is 1.50 bits per heavy atom. The molecule has 0 spiro atoms. The fourth-order valence-corrected chi connectivity index (χ4v) is 3.31. The standard InChI is InChI=1S/C4H10ClOPS/c1-3-7(6,4-2)8-5/h3-4H2,1-2H3. The minimum atomic E-state index is -1.98. The minimum absolute atomic E-state index is 0.706. The highest BCUT2D eigenvalue weighted by molar-refractivity contribution is 8.68. The maximum absolute atomic E-state index is 11.2. The van der Waals surface area contributed by atoms with Crippen molar-refractivity contribution in [1.82, 2.24) is 0 Å². The van der Waals surface area contributed by atoms with Crippen molar-refractivity contribution in [2.75, 3.05) is 12.3 Å². The van der Waals surface area contributed by atoms with Gasteiger partial charge in [0.05, 0.1) is 0 Å². The van der Waals surface area contributed by atoms with E-state index in [1.54, 1.807) is 0 Å². The van der Waals surface area contributed by atoms with Crippen LogP contribution in [0.15, 0.2) is 0 Å². The molecule has 0 aromatic heterocycles. The molecule has 1 nitrogen and oxygen atoms in total. The van der Waals surface area contributed by atoms with E-state index in [0.29, 0.717) is 12.3 Å². The summed E-state index contributed by atoms with van der Waals surface area (Å²) in [6.07, 6.45) is -0.568. The Morgan fingerprint density at radius 2 is 1.88 bits per heavy atom. The maximum Gasteiger partial charge on any atom is 0.153 e. The molecule has 0 rings (SSSR count). The summed E-state index contributed by atoms with van der Waals surface area (Å²) < 4.78 is 11.2. The Hall–Kier alpha value is 0.870. The fraction of sp³-hybridized carbons (Fsp3) is 1.00. The van der Waals surface area contributed by atoms with Crippen molar-refractivity contribution in [3.63, 3.8) is 0 Å². The highest BCUT2D eigenvalue weighted by Gasteiger charge is 2.15. The van der Waals surface area contributed by atoms with Gasteiger partial charge in [-0.2, -0.15) is 0 Å². The molecule has 0 saturated heterocycles. The molecule has 0 bridgehead atoms. The Balaban J connectivity index is 3.79. The Bertz CT molecular complexity index is 87.2. The van der Waals surface area contributed by atoms with Gasteiger partial charge >= 0.3 is 0 Å². The van der Waals surface area contributed by atoms with E-state index in [1.807, 2.05) is 13.8 Å². The molecule has 50 valence electrons. The lowest BCUT2D eigenvalue weighted by atomic mass is 11.0. The van der Waals surface area contributed by atoms with Gasteiger partial charge in [-0.3, -0.25) is 0 Å². The molecule has 0 atom stereocenters. The highest BCUT2D eigenvalue weighted by atomic mass is 35.7. The highest BCUT2D eigenvalue weighted by Crippen LogP contribution is 2.59. The van der Waals surface area contributed by atoms with Crippen LogP contribution in [0.2, 0.25) is 0 Å². The third kappa shape index (κ3) is 2.43. The number of halogens is 1. The summed E-state index contributed by atoms with van der Waals surface area (Å²) in [6.45, 7) is 3.80. The lowest BCUT2D eigenvalue weighted by Crippen LogP contribution is -1.79. The third-order valence-electron chi connectivity index (χ3n) is 1.09. The zero-order valence-corrected chi connectivity index (χ0v) is 7.52. The molecular weight excluding hydrogens is 163 g/mol. The molecule has 0 unspecified atom stereocenters. The van der Waals surface area contributed by atoms with Gasteiger partial charge < -0.3 is 4.57 Å². The van der Waals surface area contributed by atoms with Gasteiger partial charge in [-0.1, -0.05) is 13.8 Å². The molecule has 0 radical (unpaired) electrons. The molecule has 0 heterocycles. The molecule has 0 N–H and O–H groups in total. The molecule has 0 aliphatic carbocycles. The molecule has 0 aromatic carbocycles. The molecule has 0 saturated carbocycles. The van der Waals surface area contributed by atoms with Gasteiger partial charge in [-0.15, -0.1) is 0 Å². The molecule has 0 fully saturated rings. The first kappa shape index (κ1) is 8.87. The fourth-order valence-electron chi connectivity index (χ4n) is 0.321. The van der Waals surface area contributed by atoms with Crippen molar-refractivity contribution in [3.05, 3.63) is 0 Å². The lowest BCUT2D eigenvalue weighted by Gasteiger charge is -2.05. The molecule has 0 aliphatic rings. The van der Waals surface area contributed by atoms with Gasteiger partial charge in [0.1, 0.15) is 0 Å². The van der Waals surface area contributed by atoms with Crippen LogP contribution in [0.4, 0.5) is 0 Å². The molecule has 4 heteroatoms. The van der Waals surface area contributed by atoms with E-state index < -0.39 is 6.34 Å². The van der Waals surface area contributed by atoms with Gasteiger partial charge in [0.2, 0.25) is 0 Å². The van der Waals surface area contributed by atoms with E-state index in [1.165, 1.54) is 0 Å². The van der Waals surface area contributed by atoms with Crippen molar-refractivity contribution >= 4 is 27.6 Å². The molecule has 8 heavy (non-hydrogen) atoms. The summed E-state index contributed by atoms with van der Waals surface area (Å²) >= 11 is 0. The van der Waals surface area contributed by atoms with Gasteiger partial charge in [-0.05, 0) is 10.7 Å². The maximum atomic E-state index is 11.2. The zero-order chi connectivity index (χ0) is 6.62. The van der Waals surface area contributed by atoms with Crippen LogP contribution in [0.5, 0.6) is 0 Å². The van der Waals surface area contributed by atoms with Gasteiger partial charge in [0, 0.05) is 22.9 Å². The quantitative estimate of drug-likeness (QED) is 0.609. The average molecular weight is 173 g/mol. The minimum Gasteiger partial charge on any atom is -0.311 e. The van der Waals surface area contributed by atoms with Crippen LogP contribution in [0.25, 0.3) is 0 Å². The van der Waals surface area contributed by atoms with Crippen LogP contribution in [0, 0.1) is 0 Å². The molecular formula is C4H10ClOPS. The van der Waals surface area contributed by atoms with Crippen LogP contribution in [0.3, 0.4) is 0 Å². The predicted octanol–water partition coefficient (Wildman–Crippen LogP) is 3.19. The average Bonchev–Trinajstić information content (AvgIpc) is 1.87. The number of rotatable bonds is 3.